The normalized spacial score (nSPS) is 11.2. The minimum Gasteiger partial charge on any atom is -0.493 e. The summed E-state index contributed by atoms with van der Waals surface area (Å²) in [5.41, 5.74) is 0.297. The summed E-state index contributed by atoms with van der Waals surface area (Å²) in [7, 11) is 0.317. The molecule has 0 aromatic heterocycles. The number of amides is 1. The fraction of sp³-hybridized carbons (Fsp3) is 0.333. The van der Waals surface area contributed by atoms with Gasteiger partial charge in [0, 0.05) is 30.8 Å². The van der Waals surface area contributed by atoms with Crippen LogP contribution >= 0.6 is 0 Å². The van der Waals surface area contributed by atoms with Crippen LogP contribution in [-0.4, -0.2) is 59.0 Å². The van der Waals surface area contributed by atoms with Crippen LogP contribution in [0.4, 0.5) is 5.69 Å². The number of carbonyl (C=O) groups is 2. The molecule has 168 valence electrons. The number of nitrogens with one attached hydrogen (secondary N) is 1. The number of sulfonamides is 1. The molecular formula is C21H26N2O7S. The van der Waals surface area contributed by atoms with Gasteiger partial charge < -0.3 is 19.5 Å². The topological polar surface area (TPSA) is 111 Å². The zero-order valence-electron chi connectivity index (χ0n) is 18.1. The van der Waals surface area contributed by atoms with Gasteiger partial charge in [-0.2, -0.15) is 4.31 Å². The average Bonchev–Trinajstić information content (AvgIpc) is 2.78. The smallest absolute Gasteiger partial charge is 0.340 e. The molecular weight excluding hydrogens is 424 g/mol. The highest BCUT2D eigenvalue weighted by Gasteiger charge is 2.24. The predicted molar refractivity (Wildman–Crippen MR) is 115 cm³/mol. The van der Waals surface area contributed by atoms with E-state index in [4.69, 9.17) is 14.2 Å². The van der Waals surface area contributed by atoms with Gasteiger partial charge in [0.25, 0.3) is 5.91 Å². The quantitative estimate of drug-likeness (QED) is 0.585. The lowest BCUT2D eigenvalue weighted by Crippen LogP contribution is -2.30. The van der Waals surface area contributed by atoms with Crippen molar-refractivity contribution in [3.8, 4) is 11.5 Å². The molecule has 0 saturated carbocycles. The molecule has 0 unspecified atom stereocenters. The highest BCUT2D eigenvalue weighted by Crippen LogP contribution is 2.34. The third-order valence-corrected chi connectivity index (χ3v) is 6.66. The van der Waals surface area contributed by atoms with E-state index in [9.17, 15) is 18.0 Å². The van der Waals surface area contributed by atoms with Gasteiger partial charge >= 0.3 is 5.97 Å². The number of esters is 1. The van der Waals surface area contributed by atoms with Crippen molar-refractivity contribution in [1.29, 1.82) is 0 Å². The molecule has 2 rings (SSSR count). The molecule has 2 aromatic rings. The number of anilines is 1. The fourth-order valence-electron chi connectivity index (χ4n) is 2.97. The van der Waals surface area contributed by atoms with E-state index in [2.05, 4.69) is 5.32 Å². The van der Waals surface area contributed by atoms with Gasteiger partial charge in [-0.1, -0.05) is 19.9 Å². The third-order valence-electron chi connectivity index (χ3n) is 4.62. The van der Waals surface area contributed by atoms with Gasteiger partial charge in [0.2, 0.25) is 10.0 Å². The Morgan fingerprint density at radius 2 is 1.58 bits per heavy atom. The standard InChI is InChI=1S/C21H26N2O7S/c1-6-23(7-2)31(26,27)15-10-8-9-14(11-15)20(24)22-17-13-19(29-4)18(28-3)12-16(17)21(25)30-5/h8-13H,6-7H2,1-5H3,(H,22,24). The van der Waals surface area contributed by atoms with E-state index < -0.39 is 21.9 Å². The van der Waals surface area contributed by atoms with Crippen molar-refractivity contribution in [2.75, 3.05) is 39.7 Å². The van der Waals surface area contributed by atoms with E-state index in [0.29, 0.717) is 18.8 Å². The number of methoxy groups -OCH3 is 3. The second-order valence-corrected chi connectivity index (χ2v) is 8.25. The number of benzene rings is 2. The Balaban J connectivity index is 2.45. The Bertz CT molecular complexity index is 1060. The Morgan fingerprint density at radius 3 is 2.13 bits per heavy atom. The largest absolute Gasteiger partial charge is 0.493 e. The molecule has 0 saturated heterocycles. The highest BCUT2D eigenvalue weighted by molar-refractivity contribution is 7.89. The molecule has 1 N–H and O–H groups in total. The van der Waals surface area contributed by atoms with Gasteiger partial charge in [-0.15, -0.1) is 0 Å². The number of nitrogens with zero attached hydrogens (tertiary/aromatic N) is 1. The van der Waals surface area contributed by atoms with Crippen LogP contribution in [0, 0.1) is 0 Å². The molecule has 1 amide bonds. The highest BCUT2D eigenvalue weighted by atomic mass is 32.2. The second-order valence-electron chi connectivity index (χ2n) is 6.32. The van der Waals surface area contributed by atoms with Gasteiger partial charge in [-0.05, 0) is 18.2 Å². The summed E-state index contributed by atoms with van der Waals surface area (Å²) in [6.45, 7) is 4.10. The molecule has 0 radical (unpaired) electrons. The van der Waals surface area contributed by atoms with Crippen LogP contribution in [0.3, 0.4) is 0 Å². The number of hydrogen-bond donors (Lipinski definition) is 1. The van der Waals surface area contributed by atoms with Crippen molar-refractivity contribution < 1.29 is 32.2 Å². The maximum atomic E-state index is 12.9. The first kappa shape index (κ1) is 24.2. The fourth-order valence-corrected chi connectivity index (χ4v) is 4.47. The molecule has 0 fully saturated rings. The molecule has 31 heavy (non-hydrogen) atoms. The van der Waals surface area contributed by atoms with E-state index >= 15 is 0 Å². The summed E-state index contributed by atoms with van der Waals surface area (Å²) in [5, 5.41) is 2.62. The SMILES string of the molecule is CCN(CC)S(=O)(=O)c1cccc(C(=O)Nc2cc(OC)c(OC)cc2C(=O)OC)c1. The summed E-state index contributed by atoms with van der Waals surface area (Å²) >= 11 is 0. The monoisotopic (exact) mass is 450 g/mol. The van der Waals surface area contributed by atoms with Crippen molar-refractivity contribution in [3.05, 3.63) is 47.5 Å². The first-order valence-electron chi connectivity index (χ1n) is 9.49. The molecule has 9 nitrogen and oxygen atoms in total. The zero-order chi connectivity index (χ0) is 23.2. The minimum absolute atomic E-state index is 0.00403. The van der Waals surface area contributed by atoms with E-state index in [0.717, 1.165) is 0 Å². The molecule has 0 aliphatic heterocycles. The van der Waals surface area contributed by atoms with E-state index in [1.807, 2.05) is 0 Å². The number of rotatable bonds is 9. The van der Waals surface area contributed by atoms with Gasteiger partial charge in [0.05, 0.1) is 37.5 Å². The molecule has 0 bridgehead atoms. The Labute approximate surface area is 182 Å². The molecule has 0 heterocycles. The third kappa shape index (κ3) is 5.15. The van der Waals surface area contributed by atoms with Crippen molar-refractivity contribution >= 4 is 27.6 Å². The molecule has 10 heteroatoms. The number of hydrogen-bond acceptors (Lipinski definition) is 7. The van der Waals surface area contributed by atoms with Crippen LogP contribution in [0.5, 0.6) is 11.5 Å². The van der Waals surface area contributed by atoms with Gasteiger partial charge in [0.1, 0.15) is 0 Å². The minimum atomic E-state index is -3.73. The van der Waals surface area contributed by atoms with Crippen LogP contribution in [0.25, 0.3) is 0 Å². The van der Waals surface area contributed by atoms with Gasteiger partial charge in [0.15, 0.2) is 11.5 Å². The van der Waals surface area contributed by atoms with Crippen LogP contribution in [0.15, 0.2) is 41.3 Å². The van der Waals surface area contributed by atoms with E-state index in [-0.39, 0.29) is 27.5 Å². The summed E-state index contributed by atoms with van der Waals surface area (Å²) in [5.74, 6) is -0.709. The molecule has 0 aliphatic carbocycles. The maximum Gasteiger partial charge on any atom is 0.340 e. The van der Waals surface area contributed by atoms with Crippen LogP contribution < -0.4 is 14.8 Å². The zero-order valence-corrected chi connectivity index (χ0v) is 18.9. The number of ether oxygens (including phenoxy) is 3. The van der Waals surface area contributed by atoms with Crippen molar-refractivity contribution in [2.24, 2.45) is 0 Å². The lowest BCUT2D eigenvalue weighted by molar-refractivity contribution is 0.0601. The first-order chi connectivity index (χ1) is 14.7. The van der Waals surface area contributed by atoms with Crippen molar-refractivity contribution in [3.63, 3.8) is 0 Å². The van der Waals surface area contributed by atoms with Crippen LogP contribution in [0.2, 0.25) is 0 Å². The van der Waals surface area contributed by atoms with Gasteiger partial charge in [-0.25, -0.2) is 13.2 Å². The molecule has 0 aliphatic rings. The molecule has 0 spiro atoms. The van der Waals surface area contributed by atoms with Crippen LogP contribution in [-0.2, 0) is 14.8 Å². The summed E-state index contributed by atoms with van der Waals surface area (Å²) in [6, 6.07) is 8.51. The Kier molecular flexibility index (Phi) is 8.01. The van der Waals surface area contributed by atoms with E-state index in [1.54, 1.807) is 13.8 Å². The maximum absolute atomic E-state index is 12.9. The second kappa shape index (κ2) is 10.3. The lowest BCUT2D eigenvalue weighted by atomic mass is 10.1. The summed E-state index contributed by atoms with van der Waals surface area (Å²) < 4.78 is 42.0. The Morgan fingerprint density at radius 1 is 0.968 bits per heavy atom. The van der Waals surface area contributed by atoms with Crippen LogP contribution in [0.1, 0.15) is 34.6 Å². The average molecular weight is 451 g/mol. The molecule has 2 aromatic carbocycles. The Hall–Kier alpha value is -3.11. The number of carbonyl (C=O) groups excluding carboxylic acids is 2. The molecule has 0 atom stereocenters. The first-order valence-corrected chi connectivity index (χ1v) is 10.9. The van der Waals surface area contributed by atoms with Gasteiger partial charge in [-0.3, -0.25) is 4.79 Å². The van der Waals surface area contributed by atoms with E-state index in [1.165, 1.54) is 62.0 Å². The summed E-state index contributed by atoms with van der Waals surface area (Å²) in [6.07, 6.45) is 0. The summed E-state index contributed by atoms with van der Waals surface area (Å²) in [4.78, 5) is 25.1. The lowest BCUT2D eigenvalue weighted by Gasteiger charge is -2.19. The van der Waals surface area contributed by atoms with Crippen molar-refractivity contribution in [2.45, 2.75) is 18.7 Å². The van der Waals surface area contributed by atoms with Crippen molar-refractivity contribution in [1.82, 2.24) is 4.31 Å². The predicted octanol–water partition coefficient (Wildman–Crippen LogP) is 2.77.